The van der Waals surface area contributed by atoms with Gasteiger partial charge in [-0.2, -0.15) is 5.10 Å². The summed E-state index contributed by atoms with van der Waals surface area (Å²) in [6.45, 7) is 4.47. The number of benzene rings is 2. The Hall–Kier alpha value is -2.97. The van der Waals surface area contributed by atoms with Gasteiger partial charge in [-0.3, -0.25) is 4.79 Å². The minimum atomic E-state index is -0.203. The van der Waals surface area contributed by atoms with Crippen LogP contribution in [0, 0.1) is 12.3 Å². The van der Waals surface area contributed by atoms with Crippen molar-refractivity contribution in [3.8, 4) is 23.8 Å². The number of ether oxygens (including phenoxy) is 2. The molecule has 0 saturated carbocycles. The normalized spacial score (nSPS) is 10.5. The van der Waals surface area contributed by atoms with Crippen LogP contribution in [0.1, 0.15) is 30.5 Å². The van der Waals surface area contributed by atoms with E-state index in [0.29, 0.717) is 28.7 Å². The zero-order valence-corrected chi connectivity index (χ0v) is 16.8. The second-order valence-corrected chi connectivity index (χ2v) is 6.30. The first kappa shape index (κ1) is 21.3. The first-order valence-corrected chi connectivity index (χ1v) is 9.37. The van der Waals surface area contributed by atoms with E-state index in [0.717, 1.165) is 12.0 Å². The number of carbonyl (C=O) groups is 1. The van der Waals surface area contributed by atoms with Crippen molar-refractivity contribution >= 4 is 23.7 Å². The van der Waals surface area contributed by atoms with Crippen LogP contribution in [0.5, 0.6) is 11.5 Å². The molecule has 1 N–H and O–H groups in total. The fourth-order valence-electron chi connectivity index (χ4n) is 2.48. The summed E-state index contributed by atoms with van der Waals surface area (Å²) in [6, 6.07) is 11.3. The molecule has 6 heteroatoms. The van der Waals surface area contributed by atoms with Gasteiger partial charge in [-0.05, 0) is 42.2 Å². The van der Waals surface area contributed by atoms with Crippen molar-refractivity contribution < 1.29 is 14.3 Å². The van der Waals surface area contributed by atoms with Crippen LogP contribution in [0.2, 0.25) is 5.02 Å². The minimum absolute atomic E-state index is 0.0858. The number of nitrogens with one attached hydrogen (secondary N) is 1. The molecule has 0 aliphatic carbocycles. The van der Waals surface area contributed by atoms with E-state index < -0.39 is 0 Å². The van der Waals surface area contributed by atoms with E-state index in [2.05, 4.69) is 23.4 Å². The van der Waals surface area contributed by atoms with Gasteiger partial charge in [0.1, 0.15) is 6.61 Å². The minimum Gasteiger partial charge on any atom is -0.490 e. The summed E-state index contributed by atoms with van der Waals surface area (Å²) in [5, 5.41) is 4.35. The third-order valence-corrected chi connectivity index (χ3v) is 4.11. The predicted molar refractivity (Wildman–Crippen MR) is 112 cm³/mol. The third-order valence-electron chi connectivity index (χ3n) is 3.83. The summed E-state index contributed by atoms with van der Waals surface area (Å²) in [5.41, 5.74) is 5.35. The van der Waals surface area contributed by atoms with Crippen LogP contribution in [0.3, 0.4) is 0 Å². The van der Waals surface area contributed by atoms with E-state index in [9.17, 15) is 4.79 Å². The zero-order valence-electron chi connectivity index (χ0n) is 16.0. The molecule has 0 saturated heterocycles. The van der Waals surface area contributed by atoms with Crippen LogP contribution in [0.15, 0.2) is 41.5 Å². The highest BCUT2D eigenvalue weighted by atomic mass is 35.5. The van der Waals surface area contributed by atoms with Gasteiger partial charge in [-0.25, -0.2) is 5.43 Å². The van der Waals surface area contributed by atoms with E-state index >= 15 is 0 Å². The van der Waals surface area contributed by atoms with E-state index in [1.807, 2.05) is 31.2 Å². The van der Waals surface area contributed by atoms with Crippen molar-refractivity contribution in [1.29, 1.82) is 0 Å². The van der Waals surface area contributed by atoms with E-state index in [1.165, 1.54) is 11.8 Å². The van der Waals surface area contributed by atoms with Crippen LogP contribution >= 0.6 is 11.6 Å². The molecule has 0 spiro atoms. The molecule has 0 radical (unpaired) electrons. The van der Waals surface area contributed by atoms with E-state index in [4.69, 9.17) is 27.5 Å². The summed E-state index contributed by atoms with van der Waals surface area (Å²) < 4.78 is 11.0. The molecule has 1 amide bonds. The van der Waals surface area contributed by atoms with Gasteiger partial charge in [-0.15, -0.1) is 6.42 Å². The second kappa shape index (κ2) is 11.0. The van der Waals surface area contributed by atoms with Crippen molar-refractivity contribution in [2.45, 2.75) is 26.7 Å². The third kappa shape index (κ3) is 6.33. The molecule has 28 heavy (non-hydrogen) atoms. The Morgan fingerprint density at radius 2 is 1.93 bits per heavy atom. The molecule has 0 bridgehead atoms. The number of aryl methyl sites for hydroxylation is 1. The molecule has 2 aromatic carbocycles. The molecule has 146 valence electrons. The number of terminal acetylenes is 1. The molecule has 0 heterocycles. The number of hydrazone groups is 1. The Balaban J connectivity index is 2.02. The highest BCUT2D eigenvalue weighted by molar-refractivity contribution is 6.32. The second-order valence-electron chi connectivity index (χ2n) is 5.90. The fraction of sp³-hybridized carbons (Fsp3) is 0.273. The molecule has 0 aliphatic rings. The Labute approximate surface area is 170 Å². The molecular weight excluding hydrogens is 376 g/mol. The SMILES string of the molecule is C#CCOc1c(Cl)cc(/C=N/NC(=O)Cc2ccc(CC)cc2)cc1OCC. The summed E-state index contributed by atoms with van der Waals surface area (Å²) >= 11 is 6.26. The van der Waals surface area contributed by atoms with Gasteiger partial charge in [0, 0.05) is 0 Å². The highest BCUT2D eigenvalue weighted by Crippen LogP contribution is 2.36. The monoisotopic (exact) mass is 398 g/mol. The lowest BCUT2D eigenvalue weighted by Gasteiger charge is -2.12. The Morgan fingerprint density at radius 1 is 1.21 bits per heavy atom. The van der Waals surface area contributed by atoms with Crippen LogP contribution in [-0.2, 0) is 17.6 Å². The van der Waals surface area contributed by atoms with Crippen LogP contribution in [-0.4, -0.2) is 25.3 Å². The predicted octanol–water partition coefficient (Wildman–Crippen LogP) is 4.01. The lowest BCUT2D eigenvalue weighted by Crippen LogP contribution is -2.19. The van der Waals surface area contributed by atoms with Crippen LogP contribution in [0.4, 0.5) is 0 Å². The van der Waals surface area contributed by atoms with E-state index in [-0.39, 0.29) is 18.9 Å². The molecule has 0 atom stereocenters. The summed E-state index contributed by atoms with van der Waals surface area (Å²) in [7, 11) is 0. The quantitative estimate of drug-likeness (QED) is 0.394. The standard InChI is InChI=1S/C22H23ClN2O3/c1-4-11-28-22-19(23)12-18(13-20(22)27-6-3)15-24-25-21(26)14-17-9-7-16(5-2)8-10-17/h1,7-10,12-13,15H,5-6,11,14H2,2-3H3,(H,25,26)/b24-15+. The topological polar surface area (TPSA) is 59.9 Å². The molecular formula is C22H23ClN2O3. The van der Waals surface area contributed by atoms with Crippen molar-refractivity contribution in [1.82, 2.24) is 5.43 Å². The van der Waals surface area contributed by atoms with Crippen LogP contribution < -0.4 is 14.9 Å². The number of nitrogens with zero attached hydrogens (tertiary/aromatic N) is 1. The summed E-state index contributed by atoms with van der Waals surface area (Å²) in [4.78, 5) is 12.1. The number of carbonyl (C=O) groups excluding carboxylic acids is 1. The fourth-order valence-corrected chi connectivity index (χ4v) is 2.75. The van der Waals surface area contributed by atoms with Gasteiger partial charge in [-0.1, -0.05) is 48.7 Å². The molecule has 0 unspecified atom stereocenters. The van der Waals surface area contributed by atoms with Gasteiger partial charge in [0.2, 0.25) is 5.91 Å². The number of amides is 1. The van der Waals surface area contributed by atoms with Gasteiger partial charge >= 0.3 is 0 Å². The highest BCUT2D eigenvalue weighted by Gasteiger charge is 2.12. The first-order chi connectivity index (χ1) is 13.6. The molecule has 5 nitrogen and oxygen atoms in total. The van der Waals surface area contributed by atoms with Crippen molar-refractivity contribution in [2.75, 3.05) is 13.2 Å². The van der Waals surface area contributed by atoms with E-state index in [1.54, 1.807) is 12.1 Å². The van der Waals surface area contributed by atoms with Crippen molar-refractivity contribution in [3.05, 3.63) is 58.1 Å². The number of hydrogen-bond acceptors (Lipinski definition) is 4. The average molecular weight is 399 g/mol. The molecule has 0 fully saturated rings. The maximum absolute atomic E-state index is 12.1. The van der Waals surface area contributed by atoms with Crippen LogP contribution in [0.25, 0.3) is 0 Å². The van der Waals surface area contributed by atoms with Crippen molar-refractivity contribution in [2.24, 2.45) is 5.10 Å². The largest absolute Gasteiger partial charge is 0.490 e. The smallest absolute Gasteiger partial charge is 0.244 e. The molecule has 2 aromatic rings. The maximum atomic E-state index is 12.1. The van der Waals surface area contributed by atoms with Crippen molar-refractivity contribution in [3.63, 3.8) is 0 Å². The Bertz CT molecular complexity index is 871. The maximum Gasteiger partial charge on any atom is 0.244 e. The zero-order chi connectivity index (χ0) is 20.4. The lowest BCUT2D eigenvalue weighted by atomic mass is 10.1. The number of hydrogen-bond donors (Lipinski definition) is 1. The summed E-state index contributed by atoms with van der Waals surface area (Å²) in [5.74, 6) is 3.04. The molecule has 2 rings (SSSR count). The van der Waals surface area contributed by atoms with Gasteiger partial charge < -0.3 is 9.47 Å². The molecule has 0 aliphatic heterocycles. The lowest BCUT2D eigenvalue weighted by molar-refractivity contribution is -0.120. The Morgan fingerprint density at radius 3 is 2.57 bits per heavy atom. The summed E-state index contributed by atoms with van der Waals surface area (Å²) in [6.07, 6.45) is 7.94. The Kier molecular flexibility index (Phi) is 8.38. The number of halogens is 1. The van der Waals surface area contributed by atoms with Gasteiger partial charge in [0.15, 0.2) is 11.5 Å². The number of rotatable bonds is 9. The first-order valence-electron chi connectivity index (χ1n) is 8.99. The molecule has 0 aromatic heterocycles. The van der Waals surface area contributed by atoms with Gasteiger partial charge in [0.05, 0.1) is 24.3 Å². The van der Waals surface area contributed by atoms with Gasteiger partial charge in [0.25, 0.3) is 0 Å². The average Bonchev–Trinajstić information content (AvgIpc) is 2.68.